The highest BCUT2D eigenvalue weighted by Gasteiger charge is 2.34. The van der Waals surface area contributed by atoms with Crippen molar-refractivity contribution >= 4 is 5.97 Å². The molecule has 2 rings (SSSR count). The van der Waals surface area contributed by atoms with Gasteiger partial charge in [-0.15, -0.1) is 0 Å². The van der Waals surface area contributed by atoms with Crippen molar-refractivity contribution in [1.82, 2.24) is 0 Å². The highest BCUT2D eigenvalue weighted by atomic mass is 16.6. The van der Waals surface area contributed by atoms with Crippen molar-refractivity contribution < 1.29 is 9.53 Å². The molecule has 1 aromatic rings. The molecule has 15 heavy (non-hydrogen) atoms. The number of benzene rings is 1. The second kappa shape index (κ2) is 4.02. The number of ether oxygens (including phenoxy) is 1. The minimum absolute atomic E-state index is 0.283. The molecule has 1 aromatic carbocycles. The van der Waals surface area contributed by atoms with Crippen molar-refractivity contribution in [2.75, 3.05) is 0 Å². The van der Waals surface area contributed by atoms with Gasteiger partial charge in [-0.05, 0) is 11.1 Å². The van der Waals surface area contributed by atoms with Gasteiger partial charge in [-0.2, -0.15) is 0 Å². The third-order valence-electron chi connectivity index (χ3n) is 2.33. The van der Waals surface area contributed by atoms with Gasteiger partial charge in [-0.3, -0.25) is 4.79 Å². The topological polar surface area (TPSA) is 75.1 Å². The number of hydrogen-bond donors (Lipinski definition) is 0. The number of carbonyl (C=O) groups excluding carboxylic acids is 1. The third-order valence-corrected chi connectivity index (χ3v) is 2.33. The molecule has 0 amide bonds. The Labute approximate surface area is 86.3 Å². The van der Waals surface area contributed by atoms with Crippen molar-refractivity contribution in [2.24, 2.45) is 5.11 Å². The van der Waals surface area contributed by atoms with Crippen molar-refractivity contribution in [2.45, 2.75) is 18.6 Å². The van der Waals surface area contributed by atoms with Crippen LogP contribution in [0.1, 0.15) is 18.1 Å². The first-order chi connectivity index (χ1) is 7.31. The number of carbonyl (C=O) groups is 1. The maximum absolute atomic E-state index is 11.3. The predicted octanol–water partition coefficient (Wildman–Crippen LogP) is 2.35. The van der Waals surface area contributed by atoms with E-state index < -0.39 is 12.0 Å². The first kappa shape index (κ1) is 9.55. The lowest BCUT2D eigenvalue weighted by Crippen LogP contribution is -2.09. The quantitative estimate of drug-likeness (QED) is 0.320. The van der Waals surface area contributed by atoms with Gasteiger partial charge in [-0.25, -0.2) is 0 Å². The van der Waals surface area contributed by atoms with Gasteiger partial charge in [0.2, 0.25) is 0 Å². The van der Waals surface area contributed by atoms with Crippen LogP contribution >= 0.6 is 0 Å². The Hall–Kier alpha value is -2.00. The molecule has 0 saturated carbocycles. The van der Waals surface area contributed by atoms with Crippen LogP contribution in [0.25, 0.3) is 10.4 Å². The molecule has 0 aliphatic carbocycles. The summed E-state index contributed by atoms with van der Waals surface area (Å²) in [6.07, 6.45) is 0.140. The molecular weight excluding hydrogens is 194 g/mol. The molecule has 1 heterocycles. The van der Waals surface area contributed by atoms with E-state index in [9.17, 15) is 4.79 Å². The Bertz CT molecular complexity index is 412. The number of nitrogens with zero attached hydrogens (tertiary/aromatic N) is 3. The van der Waals surface area contributed by atoms with E-state index in [2.05, 4.69) is 10.0 Å². The Kier molecular flexibility index (Phi) is 2.56. The summed E-state index contributed by atoms with van der Waals surface area (Å²) in [7, 11) is 0. The zero-order valence-corrected chi connectivity index (χ0v) is 7.91. The average molecular weight is 203 g/mol. The number of hydrogen-bond acceptors (Lipinski definition) is 3. The van der Waals surface area contributed by atoms with E-state index in [4.69, 9.17) is 10.3 Å². The highest BCUT2D eigenvalue weighted by molar-refractivity contribution is 5.78. The van der Waals surface area contributed by atoms with Crippen LogP contribution in [-0.4, -0.2) is 12.0 Å². The van der Waals surface area contributed by atoms with Gasteiger partial charge in [0, 0.05) is 11.3 Å². The smallest absolute Gasteiger partial charge is 0.315 e. The van der Waals surface area contributed by atoms with E-state index in [1.54, 1.807) is 0 Å². The summed E-state index contributed by atoms with van der Waals surface area (Å²) >= 11 is 0. The van der Waals surface area contributed by atoms with Gasteiger partial charge in [0.15, 0.2) is 0 Å². The van der Waals surface area contributed by atoms with Gasteiger partial charge >= 0.3 is 5.97 Å². The summed E-state index contributed by atoms with van der Waals surface area (Å²) in [5, 5.41) is 3.39. The highest BCUT2D eigenvalue weighted by Crippen LogP contribution is 2.30. The fourth-order valence-corrected chi connectivity index (χ4v) is 1.59. The summed E-state index contributed by atoms with van der Waals surface area (Å²) in [6.45, 7) is 0. The molecule has 0 unspecified atom stereocenters. The maximum Gasteiger partial charge on any atom is 0.315 e. The molecule has 1 aliphatic heterocycles. The van der Waals surface area contributed by atoms with Crippen LogP contribution < -0.4 is 0 Å². The Morgan fingerprint density at radius 1 is 1.40 bits per heavy atom. The molecule has 0 spiro atoms. The maximum atomic E-state index is 11.3. The molecule has 2 atom stereocenters. The Balaban J connectivity index is 2.16. The van der Waals surface area contributed by atoms with Crippen LogP contribution in [0.5, 0.6) is 0 Å². The summed E-state index contributed by atoms with van der Waals surface area (Å²) in [5.41, 5.74) is 9.18. The second-order valence-corrected chi connectivity index (χ2v) is 3.29. The van der Waals surface area contributed by atoms with Crippen LogP contribution in [0.4, 0.5) is 0 Å². The molecule has 1 aliphatic rings. The number of rotatable bonds is 2. The van der Waals surface area contributed by atoms with Crippen molar-refractivity contribution in [3.8, 4) is 0 Å². The number of esters is 1. The standard InChI is InChI=1S/C10H9N3O2/c11-13-12-8-6-9(15-10(8)14)7-4-2-1-3-5-7/h1-5,8-9H,6H2/t8-,9-/m0/s1. The van der Waals surface area contributed by atoms with E-state index in [0.717, 1.165) is 5.56 Å². The summed E-state index contributed by atoms with van der Waals surface area (Å²) in [5.74, 6) is -0.443. The molecule has 0 aromatic heterocycles. The lowest BCUT2D eigenvalue weighted by atomic mass is 10.1. The summed E-state index contributed by atoms with van der Waals surface area (Å²) in [6, 6.07) is 8.74. The largest absolute Gasteiger partial charge is 0.457 e. The Morgan fingerprint density at radius 3 is 2.80 bits per heavy atom. The molecule has 0 bridgehead atoms. The average Bonchev–Trinajstić information content (AvgIpc) is 2.63. The molecule has 1 fully saturated rings. The van der Waals surface area contributed by atoms with Crippen LogP contribution in [0, 0.1) is 0 Å². The van der Waals surface area contributed by atoms with Gasteiger partial charge in [0.25, 0.3) is 0 Å². The van der Waals surface area contributed by atoms with Crippen LogP contribution in [0.3, 0.4) is 0 Å². The monoisotopic (exact) mass is 203 g/mol. The van der Waals surface area contributed by atoms with Crippen LogP contribution in [0.2, 0.25) is 0 Å². The van der Waals surface area contributed by atoms with E-state index in [1.807, 2.05) is 30.3 Å². The van der Waals surface area contributed by atoms with Crippen molar-refractivity contribution in [3.63, 3.8) is 0 Å². The van der Waals surface area contributed by atoms with Gasteiger partial charge < -0.3 is 4.74 Å². The lowest BCUT2D eigenvalue weighted by molar-refractivity contribution is -0.142. The van der Waals surface area contributed by atoms with E-state index in [-0.39, 0.29) is 6.10 Å². The molecule has 0 radical (unpaired) electrons. The molecule has 5 nitrogen and oxygen atoms in total. The van der Waals surface area contributed by atoms with Crippen molar-refractivity contribution in [3.05, 3.63) is 46.3 Å². The van der Waals surface area contributed by atoms with E-state index in [1.165, 1.54) is 0 Å². The van der Waals surface area contributed by atoms with Crippen LogP contribution in [0.15, 0.2) is 35.4 Å². The second-order valence-electron chi connectivity index (χ2n) is 3.29. The summed E-state index contributed by atoms with van der Waals surface area (Å²) in [4.78, 5) is 13.9. The first-order valence-corrected chi connectivity index (χ1v) is 4.61. The fourth-order valence-electron chi connectivity index (χ4n) is 1.59. The van der Waals surface area contributed by atoms with E-state index in [0.29, 0.717) is 6.42 Å². The molecule has 0 N–H and O–H groups in total. The van der Waals surface area contributed by atoms with Gasteiger partial charge in [0.1, 0.15) is 12.1 Å². The van der Waals surface area contributed by atoms with Gasteiger partial charge in [-0.1, -0.05) is 35.4 Å². The zero-order chi connectivity index (χ0) is 10.7. The first-order valence-electron chi connectivity index (χ1n) is 4.61. The molecule has 5 heteroatoms. The SMILES string of the molecule is [N-]=[N+]=N[C@H]1C[C@@H](c2ccccc2)OC1=O. The summed E-state index contributed by atoms with van der Waals surface area (Å²) < 4.78 is 5.11. The third kappa shape index (κ3) is 1.92. The normalized spacial score (nSPS) is 24.4. The number of cyclic esters (lactones) is 1. The fraction of sp³-hybridized carbons (Fsp3) is 0.300. The lowest BCUT2D eigenvalue weighted by Gasteiger charge is -2.07. The minimum Gasteiger partial charge on any atom is -0.457 e. The predicted molar refractivity (Wildman–Crippen MR) is 52.8 cm³/mol. The molecule has 76 valence electrons. The molecular formula is C10H9N3O2. The minimum atomic E-state index is -0.680. The zero-order valence-electron chi connectivity index (χ0n) is 7.91. The van der Waals surface area contributed by atoms with Crippen molar-refractivity contribution in [1.29, 1.82) is 0 Å². The van der Waals surface area contributed by atoms with Crippen LogP contribution in [-0.2, 0) is 9.53 Å². The van der Waals surface area contributed by atoms with Gasteiger partial charge in [0.05, 0.1) is 0 Å². The molecule has 1 saturated heterocycles. The Morgan fingerprint density at radius 2 is 2.13 bits per heavy atom. The number of azide groups is 1. The van der Waals surface area contributed by atoms with E-state index >= 15 is 0 Å².